The van der Waals surface area contributed by atoms with E-state index in [0.717, 1.165) is 45.1 Å². The lowest BCUT2D eigenvalue weighted by Crippen LogP contribution is -2.05. The van der Waals surface area contributed by atoms with Crippen LogP contribution < -0.4 is 9.47 Å². The predicted molar refractivity (Wildman–Crippen MR) is 117 cm³/mol. The van der Waals surface area contributed by atoms with Gasteiger partial charge in [-0.05, 0) is 42.5 Å². The second-order valence-corrected chi connectivity index (χ2v) is 6.92. The smallest absolute Gasteiger partial charge is 0.198 e. The molecule has 3 aromatic carbocycles. The Morgan fingerprint density at radius 3 is 2.17 bits per heavy atom. The van der Waals surface area contributed by atoms with E-state index in [0.29, 0.717) is 12.2 Å². The molecule has 0 saturated carbocycles. The molecule has 0 unspecified atom stereocenters. The molecule has 0 aliphatic rings. The predicted octanol–water partition coefficient (Wildman–Crippen LogP) is 4.71. The van der Waals surface area contributed by atoms with Gasteiger partial charge < -0.3 is 14.0 Å². The minimum absolute atomic E-state index is 0.564. The van der Waals surface area contributed by atoms with Gasteiger partial charge >= 0.3 is 0 Å². The average Bonchev–Trinajstić information content (AvgIpc) is 3.15. The Morgan fingerprint density at radius 1 is 0.733 bits per heavy atom. The summed E-state index contributed by atoms with van der Waals surface area (Å²) in [6, 6.07) is 23.7. The fraction of sp³-hybridized carbons (Fsp3) is 0.125. The van der Waals surface area contributed by atoms with E-state index in [1.54, 1.807) is 14.2 Å². The van der Waals surface area contributed by atoms with Crippen LogP contribution in [0.25, 0.3) is 33.7 Å². The molecule has 0 fully saturated rings. The summed E-state index contributed by atoms with van der Waals surface area (Å²) < 4.78 is 13.0. The monoisotopic (exact) mass is 396 g/mol. The summed E-state index contributed by atoms with van der Waals surface area (Å²) in [7, 11) is 3.34. The number of methoxy groups -OCH3 is 2. The molecule has 0 saturated heterocycles. The summed E-state index contributed by atoms with van der Waals surface area (Å²) in [5, 5.41) is 0. The van der Waals surface area contributed by atoms with Gasteiger partial charge in [0.1, 0.15) is 17.3 Å². The van der Waals surface area contributed by atoms with E-state index < -0.39 is 0 Å². The number of hydrogen-bond acceptors (Lipinski definition) is 5. The Hall–Kier alpha value is -3.93. The number of nitrogens with zero attached hydrogens (tertiary/aromatic N) is 4. The lowest BCUT2D eigenvalue weighted by molar-refractivity contribution is 0.408. The van der Waals surface area contributed by atoms with Gasteiger partial charge in [0.15, 0.2) is 11.3 Å². The first-order chi connectivity index (χ1) is 14.8. The Labute approximate surface area is 173 Å². The van der Waals surface area contributed by atoms with Gasteiger partial charge in [0.25, 0.3) is 0 Å². The van der Waals surface area contributed by atoms with Crippen molar-refractivity contribution in [2.24, 2.45) is 0 Å². The molecule has 0 spiro atoms. The number of rotatable bonds is 5. The zero-order valence-corrected chi connectivity index (χ0v) is 16.7. The van der Waals surface area contributed by atoms with Crippen LogP contribution in [0.3, 0.4) is 0 Å². The topological polar surface area (TPSA) is 62.1 Å². The molecule has 5 rings (SSSR count). The number of ether oxygens (including phenoxy) is 2. The van der Waals surface area contributed by atoms with E-state index in [1.807, 2.05) is 66.7 Å². The Balaban J connectivity index is 1.74. The number of imidazole rings is 1. The Bertz CT molecular complexity index is 1340. The summed E-state index contributed by atoms with van der Waals surface area (Å²) in [6.07, 6.45) is 0. The van der Waals surface area contributed by atoms with Crippen molar-refractivity contribution in [3.63, 3.8) is 0 Å². The van der Waals surface area contributed by atoms with E-state index in [9.17, 15) is 0 Å². The maximum Gasteiger partial charge on any atom is 0.198 e. The first-order valence-corrected chi connectivity index (χ1v) is 9.66. The van der Waals surface area contributed by atoms with Crippen molar-refractivity contribution >= 4 is 22.3 Å². The number of para-hydroxylation sites is 3. The van der Waals surface area contributed by atoms with Crippen LogP contribution in [0.15, 0.2) is 72.8 Å². The minimum Gasteiger partial charge on any atom is -0.497 e. The summed E-state index contributed by atoms with van der Waals surface area (Å²) in [6.45, 7) is 0.564. The molecule has 0 radical (unpaired) electrons. The first kappa shape index (κ1) is 18.1. The number of hydrogen-bond donors (Lipinski definition) is 0. The lowest BCUT2D eigenvalue weighted by Gasteiger charge is -2.12. The number of aromatic nitrogens is 4. The van der Waals surface area contributed by atoms with E-state index in [2.05, 4.69) is 10.6 Å². The maximum absolute atomic E-state index is 5.57. The molecule has 2 heterocycles. The van der Waals surface area contributed by atoms with E-state index in [4.69, 9.17) is 24.4 Å². The van der Waals surface area contributed by atoms with Crippen molar-refractivity contribution in [2.45, 2.75) is 6.54 Å². The van der Waals surface area contributed by atoms with Crippen LogP contribution in [0.4, 0.5) is 0 Å². The SMILES string of the molecule is COc1ccc(-c2nc3nc4ccccc4nc3n2Cc2ccccc2OC)cc1. The highest BCUT2D eigenvalue weighted by Crippen LogP contribution is 2.29. The molecule has 0 amide bonds. The third kappa shape index (κ3) is 3.12. The largest absolute Gasteiger partial charge is 0.497 e. The molecule has 0 bridgehead atoms. The Kier molecular flexibility index (Phi) is 4.52. The molecule has 2 aromatic heterocycles. The van der Waals surface area contributed by atoms with Crippen LogP contribution in [0.2, 0.25) is 0 Å². The number of benzene rings is 3. The normalized spacial score (nSPS) is 11.1. The van der Waals surface area contributed by atoms with Crippen molar-refractivity contribution in [3.05, 3.63) is 78.4 Å². The van der Waals surface area contributed by atoms with Crippen molar-refractivity contribution in [2.75, 3.05) is 14.2 Å². The average molecular weight is 396 g/mol. The molecule has 0 atom stereocenters. The van der Waals surface area contributed by atoms with Gasteiger partial charge in [-0.2, -0.15) is 0 Å². The zero-order valence-electron chi connectivity index (χ0n) is 16.7. The fourth-order valence-electron chi connectivity index (χ4n) is 3.61. The van der Waals surface area contributed by atoms with Gasteiger partial charge in [0.05, 0.1) is 31.8 Å². The van der Waals surface area contributed by atoms with Crippen LogP contribution >= 0.6 is 0 Å². The second-order valence-electron chi connectivity index (χ2n) is 6.92. The molecular weight excluding hydrogens is 376 g/mol. The van der Waals surface area contributed by atoms with Crippen LogP contribution in [-0.2, 0) is 6.54 Å². The van der Waals surface area contributed by atoms with Crippen molar-refractivity contribution in [1.29, 1.82) is 0 Å². The quantitative estimate of drug-likeness (QED) is 0.430. The van der Waals surface area contributed by atoms with E-state index in [-0.39, 0.29) is 0 Å². The molecular formula is C24H20N4O2. The number of fused-ring (bicyclic) bond motifs is 2. The third-order valence-corrected chi connectivity index (χ3v) is 5.13. The summed E-state index contributed by atoms with van der Waals surface area (Å²) in [5.74, 6) is 2.43. The van der Waals surface area contributed by atoms with Gasteiger partial charge in [-0.3, -0.25) is 0 Å². The maximum atomic E-state index is 5.57. The third-order valence-electron chi connectivity index (χ3n) is 5.13. The van der Waals surface area contributed by atoms with Gasteiger partial charge in [0.2, 0.25) is 0 Å². The molecule has 6 heteroatoms. The van der Waals surface area contributed by atoms with Crippen LogP contribution in [0.1, 0.15) is 5.56 Å². The summed E-state index contributed by atoms with van der Waals surface area (Å²) in [5.41, 5.74) is 5.04. The highest BCUT2D eigenvalue weighted by atomic mass is 16.5. The highest BCUT2D eigenvalue weighted by molar-refractivity contribution is 5.85. The van der Waals surface area contributed by atoms with Crippen molar-refractivity contribution in [1.82, 2.24) is 19.5 Å². The molecule has 148 valence electrons. The standard InChI is InChI=1S/C24H20N4O2/c1-29-18-13-11-16(12-14-18)23-27-22-24(26-20-9-5-4-8-19(20)25-22)28(23)15-17-7-3-6-10-21(17)30-2/h3-14H,15H2,1-2H3. The molecule has 6 nitrogen and oxygen atoms in total. The van der Waals surface area contributed by atoms with Gasteiger partial charge in [-0.1, -0.05) is 30.3 Å². The fourth-order valence-corrected chi connectivity index (χ4v) is 3.61. The van der Waals surface area contributed by atoms with E-state index in [1.165, 1.54) is 0 Å². The molecule has 0 N–H and O–H groups in total. The van der Waals surface area contributed by atoms with Gasteiger partial charge in [-0.15, -0.1) is 0 Å². The Morgan fingerprint density at radius 2 is 1.43 bits per heavy atom. The summed E-state index contributed by atoms with van der Waals surface area (Å²) in [4.78, 5) is 14.5. The summed E-state index contributed by atoms with van der Waals surface area (Å²) >= 11 is 0. The molecule has 5 aromatic rings. The van der Waals surface area contributed by atoms with Gasteiger partial charge in [-0.25, -0.2) is 15.0 Å². The molecule has 0 aliphatic heterocycles. The second kappa shape index (κ2) is 7.48. The van der Waals surface area contributed by atoms with Gasteiger partial charge in [0, 0.05) is 11.1 Å². The highest BCUT2D eigenvalue weighted by Gasteiger charge is 2.17. The van der Waals surface area contributed by atoms with Crippen molar-refractivity contribution < 1.29 is 9.47 Å². The lowest BCUT2D eigenvalue weighted by atomic mass is 10.1. The van der Waals surface area contributed by atoms with Crippen molar-refractivity contribution in [3.8, 4) is 22.9 Å². The minimum atomic E-state index is 0.564. The first-order valence-electron chi connectivity index (χ1n) is 9.66. The molecule has 0 aliphatic carbocycles. The van der Waals surface area contributed by atoms with Crippen LogP contribution in [-0.4, -0.2) is 33.7 Å². The van der Waals surface area contributed by atoms with E-state index >= 15 is 0 Å². The van der Waals surface area contributed by atoms with Crippen LogP contribution in [0, 0.1) is 0 Å². The zero-order chi connectivity index (χ0) is 20.5. The molecule has 30 heavy (non-hydrogen) atoms. The van der Waals surface area contributed by atoms with Crippen LogP contribution in [0.5, 0.6) is 11.5 Å².